The number of hydrogen-bond acceptors (Lipinski definition) is 6. The van der Waals surface area contributed by atoms with Gasteiger partial charge in [0.25, 0.3) is 0 Å². The van der Waals surface area contributed by atoms with Crippen molar-refractivity contribution in [3.8, 4) is 22.5 Å². The Hall–Kier alpha value is -4.33. The van der Waals surface area contributed by atoms with E-state index in [1.54, 1.807) is 0 Å². The van der Waals surface area contributed by atoms with E-state index in [9.17, 15) is 4.79 Å². The van der Waals surface area contributed by atoms with E-state index in [1.807, 2.05) is 41.1 Å². The molecule has 3 aromatic heterocycles. The summed E-state index contributed by atoms with van der Waals surface area (Å²) in [5.41, 5.74) is 17.1. The van der Waals surface area contributed by atoms with Crippen LogP contribution < -0.4 is 11.5 Å². The number of benzene rings is 2. The van der Waals surface area contributed by atoms with Crippen LogP contribution in [0.25, 0.3) is 44.5 Å². The highest BCUT2D eigenvalue weighted by molar-refractivity contribution is 6.00. The molecular formula is C27H25N7O. The predicted molar refractivity (Wildman–Crippen MR) is 136 cm³/mol. The van der Waals surface area contributed by atoms with Gasteiger partial charge in [-0.05, 0) is 37.8 Å². The number of nitrogen functional groups attached to an aromatic ring is 1. The monoisotopic (exact) mass is 463 g/mol. The van der Waals surface area contributed by atoms with E-state index in [0.717, 1.165) is 64.5 Å². The average Bonchev–Trinajstić information content (AvgIpc) is 3.30. The van der Waals surface area contributed by atoms with Crippen LogP contribution in [-0.4, -0.2) is 30.6 Å². The average molecular weight is 464 g/mol. The molecular weight excluding hydrogens is 438 g/mol. The molecule has 1 aliphatic rings. The number of carbonyl (C=O) groups excluding carboxylic acids is 1. The first-order chi connectivity index (χ1) is 17.1. The third-order valence-electron chi connectivity index (χ3n) is 7.00. The largest absolute Gasteiger partial charge is 0.383 e. The second kappa shape index (κ2) is 8.47. The first-order valence-electron chi connectivity index (χ1n) is 11.8. The van der Waals surface area contributed by atoms with Crippen molar-refractivity contribution in [3.05, 3.63) is 67.0 Å². The summed E-state index contributed by atoms with van der Waals surface area (Å²) < 4.78 is 1.96. The van der Waals surface area contributed by atoms with Gasteiger partial charge in [-0.15, -0.1) is 0 Å². The molecule has 0 saturated heterocycles. The maximum Gasteiger partial charge on any atom is 0.220 e. The van der Waals surface area contributed by atoms with Crippen LogP contribution in [0.5, 0.6) is 0 Å². The number of nitrogens with zero attached hydrogens (tertiary/aromatic N) is 5. The Morgan fingerprint density at radius 1 is 0.914 bits per heavy atom. The third kappa shape index (κ3) is 3.77. The number of primary amides is 1. The number of fused-ring (bicyclic) bond motifs is 2. The number of nitrogens with two attached hydrogens (primary N) is 2. The summed E-state index contributed by atoms with van der Waals surface area (Å²) in [6, 6.07) is 20.5. The van der Waals surface area contributed by atoms with Crippen LogP contribution in [0.1, 0.15) is 31.7 Å². The van der Waals surface area contributed by atoms with Gasteiger partial charge in [0.05, 0.1) is 22.6 Å². The molecule has 1 aliphatic carbocycles. The number of amides is 1. The molecule has 0 radical (unpaired) electrons. The van der Waals surface area contributed by atoms with Gasteiger partial charge in [0.1, 0.15) is 17.8 Å². The molecule has 1 saturated carbocycles. The number of carbonyl (C=O) groups is 1. The highest BCUT2D eigenvalue weighted by Gasteiger charge is 2.29. The minimum atomic E-state index is -0.223. The Morgan fingerprint density at radius 2 is 1.69 bits per heavy atom. The topological polar surface area (TPSA) is 126 Å². The van der Waals surface area contributed by atoms with Gasteiger partial charge < -0.3 is 11.5 Å². The summed E-state index contributed by atoms with van der Waals surface area (Å²) in [6.07, 6.45) is 4.60. The SMILES string of the molecule is NC(=O)C1CCC(n2nc(-c3ccc4ccc(-c5ccccc5)nc4c3)c3c(N)ncnc32)CC1. The molecule has 0 aliphatic heterocycles. The molecule has 2 aromatic carbocycles. The van der Waals surface area contributed by atoms with E-state index >= 15 is 0 Å². The van der Waals surface area contributed by atoms with Gasteiger partial charge in [0.2, 0.25) is 5.91 Å². The van der Waals surface area contributed by atoms with Gasteiger partial charge in [0, 0.05) is 22.4 Å². The Morgan fingerprint density at radius 3 is 2.46 bits per heavy atom. The van der Waals surface area contributed by atoms with Crippen LogP contribution in [0.3, 0.4) is 0 Å². The molecule has 8 heteroatoms. The summed E-state index contributed by atoms with van der Waals surface area (Å²) in [4.78, 5) is 25.3. The molecule has 8 nitrogen and oxygen atoms in total. The number of anilines is 1. The standard InChI is InChI=1S/C27H25N7O/c28-25-23-24(33-34(27(23)31-15-30-25)20-11-8-18(9-12-20)26(29)35)19-7-6-17-10-13-21(32-22(17)14-19)16-4-2-1-3-5-16/h1-7,10,13-15,18,20H,8-9,11-12H2,(H2,29,35)(H2,28,30,31). The molecule has 0 spiro atoms. The lowest BCUT2D eigenvalue weighted by atomic mass is 9.86. The van der Waals surface area contributed by atoms with Crippen LogP contribution in [0.15, 0.2) is 67.0 Å². The third-order valence-corrected chi connectivity index (χ3v) is 7.00. The van der Waals surface area contributed by atoms with Gasteiger partial charge in [-0.2, -0.15) is 5.10 Å². The molecule has 5 aromatic rings. The van der Waals surface area contributed by atoms with E-state index in [1.165, 1.54) is 6.33 Å². The van der Waals surface area contributed by atoms with Crippen LogP contribution in [0, 0.1) is 5.92 Å². The van der Waals surface area contributed by atoms with Gasteiger partial charge in [-0.3, -0.25) is 4.79 Å². The molecule has 0 atom stereocenters. The zero-order valence-electron chi connectivity index (χ0n) is 19.1. The summed E-state index contributed by atoms with van der Waals surface area (Å²) in [5.74, 6) is 0.102. The van der Waals surface area contributed by atoms with Gasteiger partial charge in [-0.1, -0.05) is 48.5 Å². The zero-order chi connectivity index (χ0) is 23.9. The lowest BCUT2D eigenvalue weighted by Gasteiger charge is -2.27. The smallest absolute Gasteiger partial charge is 0.220 e. The number of rotatable bonds is 4. The van der Waals surface area contributed by atoms with Crippen molar-refractivity contribution >= 4 is 33.7 Å². The minimum absolute atomic E-state index is 0.0717. The molecule has 1 amide bonds. The van der Waals surface area contributed by atoms with Gasteiger partial charge in [-0.25, -0.2) is 19.6 Å². The number of pyridine rings is 1. The van der Waals surface area contributed by atoms with Crippen molar-refractivity contribution in [2.45, 2.75) is 31.7 Å². The van der Waals surface area contributed by atoms with Crippen molar-refractivity contribution in [2.24, 2.45) is 11.7 Å². The molecule has 0 unspecified atom stereocenters. The van der Waals surface area contributed by atoms with Gasteiger partial charge >= 0.3 is 0 Å². The summed E-state index contributed by atoms with van der Waals surface area (Å²) in [7, 11) is 0. The fraction of sp³-hybridized carbons (Fsp3) is 0.222. The fourth-order valence-corrected chi connectivity index (χ4v) is 5.09. The molecule has 6 rings (SSSR count). The van der Waals surface area contributed by atoms with Crippen LogP contribution in [0.4, 0.5) is 5.82 Å². The Kier molecular flexibility index (Phi) is 5.13. The normalized spacial score (nSPS) is 18.2. The van der Waals surface area contributed by atoms with Crippen molar-refractivity contribution in [3.63, 3.8) is 0 Å². The van der Waals surface area contributed by atoms with Gasteiger partial charge in [0.15, 0.2) is 5.65 Å². The lowest BCUT2D eigenvalue weighted by Crippen LogP contribution is -2.28. The number of hydrogen-bond donors (Lipinski definition) is 2. The molecule has 3 heterocycles. The summed E-state index contributed by atoms with van der Waals surface area (Å²) in [6.45, 7) is 0. The first kappa shape index (κ1) is 21.2. The van der Waals surface area contributed by atoms with Crippen LogP contribution in [-0.2, 0) is 4.79 Å². The maximum atomic E-state index is 11.6. The molecule has 174 valence electrons. The Balaban J connectivity index is 1.44. The van der Waals surface area contributed by atoms with Crippen molar-refractivity contribution in [2.75, 3.05) is 5.73 Å². The highest BCUT2D eigenvalue weighted by atomic mass is 16.1. The predicted octanol–water partition coefficient (Wildman–Crippen LogP) is 4.51. The van der Waals surface area contributed by atoms with E-state index in [4.69, 9.17) is 21.5 Å². The van der Waals surface area contributed by atoms with E-state index in [2.05, 4.69) is 34.2 Å². The van der Waals surface area contributed by atoms with Crippen molar-refractivity contribution in [1.82, 2.24) is 24.7 Å². The zero-order valence-corrected chi connectivity index (χ0v) is 19.1. The van der Waals surface area contributed by atoms with E-state index in [0.29, 0.717) is 11.5 Å². The minimum Gasteiger partial charge on any atom is -0.383 e. The van der Waals surface area contributed by atoms with Crippen LogP contribution >= 0.6 is 0 Å². The highest BCUT2D eigenvalue weighted by Crippen LogP contribution is 2.38. The van der Waals surface area contributed by atoms with Crippen molar-refractivity contribution < 1.29 is 4.79 Å². The molecule has 35 heavy (non-hydrogen) atoms. The Bertz CT molecular complexity index is 1550. The molecule has 0 bridgehead atoms. The molecule has 4 N–H and O–H groups in total. The lowest BCUT2D eigenvalue weighted by molar-refractivity contribution is -0.122. The maximum absolute atomic E-state index is 11.6. The van der Waals surface area contributed by atoms with Crippen molar-refractivity contribution in [1.29, 1.82) is 0 Å². The van der Waals surface area contributed by atoms with E-state index < -0.39 is 0 Å². The fourth-order valence-electron chi connectivity index (χ4n) is 5.09. The number of aromatic nitrogens is 5. The van der Waals surface area contributed by atoms with Crippen LogP contribution in [0.2, 0.25) is 0 Å². The second-order valence-electron chi connectivity index (χ2n) is 9.13. The van der Waals surface area contributed by atoms with E-state index in [-0.39, 0.29) is 17.9 Å². The first-order valence-corrected chi connectivity index (χ1v) is 11.8. The summed E-state index contributed by atoms with van der Waals surface area (Å²) in [5, 5.41) is 6.78. The quantitative estimate of drug-likeness (QED) is 0.404. The Labute approximate surface area is 202 Å². The second-order valence-corrected chi connectivity index (χ2v) is 9.13. The summed E-state index contributed by atoms with van der Waals surface area (Å²) >= 11 is 0. The molecule has 1 fully saturated rings.